The fourth-order valence-corrected chi connectivity index (χ4v) is 2.13. The molecule has 17 heavy (non-hydrogen) atoms. The van der Waals surface area contributed by atoms with Crippen molar-refractivity contribution in [1.29, 1.82) is 0 Å². The van der Waals surface area contributed by atoms with Gasteiger partial charge in [-0.25, -0.2) is 0 Å². The summed E-state index contributed by atoms with van der Waals surface area (Å²) in [6, 6.07) is 5.23. The van der Waals surface area contributed by atoms with Crippen LogP contribution in [0.2, 0.25) is 5.02 Å². The van der Waals surface area contributed by atoms with Crippen molar-refractivity contribution in [1.82, 2.24) is 4.98 Å². The molecule has 1 heterocycles. The molecule has 0 aliphatic heterocycles. The highest BCUT2D eigenvalue weighted by atomic mass is 35.5. The zero-order valence-corrected chi connectivity index (χ0v) is 10.8. The van der Waals surface area contributed by atoms with E-state index in [4.69, 9.17) is 16.3 Å². The van der Waals surface area contributed by atoms with Gasteiger partial charge in [-0.15, -0.1) is 11.3 Å². The van der Waals surface area contributed by atoms with Gasteiger partial charge in [0.2, 0.25) is 0 Å². The van der Waals surface area contributed by atoms with Crippen LogP contribution in [-0.4, -0.2) is 10.1 Å². The van der Waals surface area contributed by atoms with E-state index in [1.807, 2.05) is 0 Å². The van der Waals surface area contributed by atoms with Crippen molar-refractivity contribution >= 4 is 22.9 Å². The summed E-state index contributed by atoms with van der Waals surface area (Å²) >= 11 is 7.42. The van der Waals surface area contributed by atoms with Crippen molar-refractivity contribution < 1.29 is 9.84 Å². The summed E-state index contributed by atoms with van der Waals surface area (Å²) < 4.78 is 5.65. The second-order valence-corrected chi connectivity index (χ2v) is 5.02. The lowest BCUT2D eigenvalue weighted by Gasteiger charge is -2.13. The minimum Gasteiger partial charge on any atom is -0.488 e. The minimum atomic E-state index is -0.606. The Kier molecular flexibility index (Phi) is 3.99. The molecule has 0 spiro atoms. The predicted molar refractivity (Wildman–Crippen MR) is 68.5 cm³/mol. The zero-order valence-electron chi connectivity index (χ0n) is 9.26. The van der Waals surface area contributed by atoms with Gasteiger partial charge >= 0.3 is 0 Å². The Balaban J connectivity index is 2.14. The van der Waals surface area contributed by atoms with Gasteiger partial charge in [0.1, 0.15) is 12.4 Å². The number of thiazole rings is 1. The highest BCUT2D eigenvalue weighted by Gasteiger charge is 2.10. The first-order chi connectivity index (χ1) is 8.16. The number of rotatable bonds is 4. The van der Waals surface area contributed by atoms with E-state index in [1.165, 1.54) is 11.3 Å². The lowest BCUT2D eigenvalue weighted by Crippen LogP contribution is -2.00. The monoisotopic (exact) mass is 269 g/mol. The molecule has 0 amide bonds. The normalized spacial score (nSPS) is 12.4. The molecule has 0 unspecified atom stereocenters. The number of ether oxygens (including phenoxy) is 1. The van der Waals surface area contributed by atoms with Gasteiger partial charge < -0.3 is 9.84 Å². The van der Waals surface area contributed by atoms with Gasteiger partial charge in [-0.3, -0.25) is 4.98 Å². The Morgan fingerprint density at radius 1 is 1.53 bits per heavy atom. The molecular weight excluding hydrogens is 258 g/mol. The summed E-state index contributed by atoms with van der Waals surface area (Å²) in [5.74, 6) is 0.651. The Morgan fingerprint density at radius 3 is 3.00 bits per heavy atom. The van der Waals surface area contributed by atoms with Crippen molar-refractivity contribution in [3.05, 3.63) is 45.4 Å². The summed E-state index contributed by atoms with van der Waals surface area (Å²) in [7, 11) is 0. The summed E-state index contributed by atoms with van der Waals surface area (Å²) in [5.41, 5.74) is 2.46. The molecule has 0 fully saturated rings. The third-order valence-electron chi connectivity index (χ3n) is 2.28. The molecule has 5 heteroatoms. The van der Waals surface area contributed by atoms with Crippen LogP contribution in [0.25, 0.3) is 0 Å². The Labute approximate surface area is 109 Å². The molecule has 2 rings (SSSR count). The van der Waals surface area contributed by atoms with Crippen molar-refractivity contribution in [2.24, 2.45) is 0 Å². The summed E-state index contributed by atoms with van der Waals surface area (Å²) in [5, 5.41) is 10.2. The number of hydrogen-bond donors (Lipinski definition) is 1. The number of aromatic nitrogens is 1. The third-order valence-corrected chi connectivity index (χ3v) is 3.26. The van der Waals surface area contributed by atoms with Crippen LogP contribution in [0.15, 0.2) is 29.9 Å². The quantitative estimate of drug-likeness (QED) is 0.925. The first-order valence-electron chi connectivity index (χ1n) is 5.14. The lowest BCUT2D eigenvalue weighted by molar-refractivity contribution is 0.190. The molecule has 1 aromatic heterocycles. The number of halogens is 1. The maximum absolute atomic E-state index is 9.64. The molecule has 0 aliphatic carbocycles. The molecule has 1 aromatic carbocycles. The molecule has 0 aliphatic rings. The fourth-order valence-electron chi connectivity index (χ4n) is 1.44. The largest absolute Gasteiger partial charge is 0.488 e. The van der Waals surface area contributed by atoms with Crippen LogP contribution in [0.5, 0.6) is 5.75 Å². The van der Waals surface area contributed by atoms with E-state index in [1.54, 1.807) is 36.8 Å². The van der Waals surface area contributed by atoms with E-state index in [0.29, 0.717) is 22.9 Å². The van der Waals surface area contributed by atoms with E-state index in [0.717, 1.165) is 4.88 Å². The Bertz CT molecular complexity index is 485. The lowest BCUT2D eigenvalue weighted by atomic mass is 10.1. The number of nitrogens with zero attached hydrogens (tertiary/aromatic N) is 1. The zero-order chi connectivity index (χ0) is 12.3. The van der Waals surface area contributed by atoms with Crippen molar-refractivity contribution in [2.75, 3.05) is 0 Å². The molecule has 2 aromatic rings. The van der Waals surface area contributed by atoms with Gasteiger partial charge in [0.25, 0.3) is 0 Å². The van der Waals surface area contributed by atoms with Crippen molar-refractivity contribution in [3.63, 3.8) is 0 Å². The standard InChI is InChI=1S/C12H12ClNO2S/c1-8(15)11-4-9(13)2-3-12(11)16-6-10-5-14-7-17-10/h2-5,7-8,15H,6H2,1H3/t8-/m1/s1. The third kappa shape index (κ3) is 3.19. The fraction of sp³-hybridized carbons (Fsp3) is 0.250. The summed E-state index contributed by atoms with van der Waals surface area (Å²) in [6.07, 6.45) is 1.16. The van der Waals surface area contributed by atoms with E-state index >= 15 is 0 Å². The minimum absolute atomic E-state index is 0.450. The number of hydrogen-bond acceptors (Lipinski definition) is 4. The van der Waals surface area contributed by atoms with Crippen LogP contribution in [0.1, 0.15) is 23.5 Å². The van der Waals surface area contributed by atoms with Crippen LogP contribution in [0.4, 0.5) is 0 Å². The van der Waals surface area contributed by atoms with Gasteiger partial charge in [-0.1, -0.05) is 11.6 Å². The van der Waals surface area contributed by atoms with Crippen molar-refractivity contribution in [3.8, 4) is 5.75 Å². The maximum atomic E-state index is 9.64. The molecule has 0 bridgehead atoms. The van der Waals surface area contributed by atoms with E-state index < -0.39 is 6.10 Å². The van der Waals surface area contributed by atoms with E-state index in [2.05, 4.69) is 4.98 Å². The van der Waals surface area contributed by atoms with Crippen molar-refractivity contribution in [2.45, 2.75) is 19.6 Å². The Hall–Kier alpha value is -1.10. The number of aliphatic hydroxyl groups is 1. The van der Waals surface area contributed by atoms with E-state index in [9.17, 15) is 5.11 Å². The average Bonchev–Trinajstić information content (AvgIpc) is 2.80. The first-order valence-corrected chi connectivity index (χ1v) is 6.40. The molecule has 0 radical (unpaired) electrons. The topological polar surface area (TPSA) is 42.4 Å². The second-order valence-electron chi connectivity index (χ2n) is 3.61. The van der Waals surface area contributed by atoms with Crippen LogP contribution in [0, 0.1) is 0 Å². The van der Waals surface area contributed by atoms with Crippen LogP contribution in [0.3, 0.4) is 0 Å². The SMILES string of the molecule is C[C@@H](O)c1cc(Cl)ccc1OCc1cncs1. The van der Waals surface area contributed by atoms with Gasteiger partial charge in [0, 0.05) is 16.8 Å². The summed E-state index contributed by atoms with van der Waals surface area (Å²) in [4.78, 5) is 5.01. The Morgan fingerprint density at radius 2 is 2.35 bits per heavy atom. The first kappa shape index (κ1) is 12.4. The number of benzene rings is 1. The smallest absolute Gasteiger partial charge is 0.125 e. The van der Waals surface area contributed by atoms with E-state index in [-0.39, 0.29) is 0 Å². The molecule has 1 N–H and O–H groups in total. The predicted octanol–water partition coefficient (Wildman–Crippen LogP) is 3.43. The molecule has 0 saturated carbocycles. The van der Waals surface area contributed by atoms with Gasteiger partial charge in [-0.05, 0) is 25.1 Å². The molecular formula is C12H12ClNO2S. The van der Waals surface area contributed by atoms with Gasteiger partial charge in [0.05, 0.1) is 16.5 Å². The van der Waals surface area contributed by atoms with Crippen LogP contribution >= 0.6 is 22.9 Å². The maximum Gasteiger partial charge on any atom is 0.125 e. The molecule has 90 valence electrons. The second kappa shape index (κ2) is 5.49. The molecule has 3 nitrogen and oxygen atoms in total. The van der Waals surface area contributed by atoms with Gasteiger partial charge in [0.15, 0.2) is 0 Å². The van der Waals surface area contributed by atoms with Gasteiger partial charge in [-0.2, -0.15) is 0 Å². The highest BCUT2D eigenvalue weighted by molar-refractivity contribution is 7.09. The summed E-state index contributed by atoms with van der Waals surface area (Å²) in [6.45, 7) is 2.14. The highest BCUT2D eigenvalue weighted by Crippen LogP contribution is 2.29. The van der Waals surface area contributed by atoms with Crippen LogP contribution in [-0.2, 0) is 6.61 Å². The van der Waals surface area contributed by atoms with Crippen LogP contribution < -0.4 is 4.74 Å². The number of aliphatic hydroxyl groups excluding tert-OH is 1. The molecule has 0 saturated heterocycles. The average molecular weight is 270 g/mol. The molecule has 1 atom stereocenters.